The fourth-order valence-corrected chi connectivity index (χ4v) is 3.11. The summed E-state index contributed by atoms with van der Waals surface area (Å²) >= 11 is 0.957. The van der Waals surface area contributed by atoms with Gasteiger partial charge in [-0.15, -0.1) is 0 Å². The zero-order valence-electron chi connectivity index (χ0n) is 11.9. The molecule has 2 rings (SSSR count). The second-order valence-corrected chi connectivity index (χ2v) is 6.14. The van der Waals surface area contributed by atoms with Crippen molar-refractivity contribution in [3.63, 3.8) is 0 Å². The van der Waals surface area contributed by atoms with Gasteiger partial charge in [-0.05, 0) is 74.4 Å². The van der Waals surface area contributed by atoms with Gasteiger partial charge in [0.2, 0.25) is 0 Å². The first-order valence-electron chi connectivity index (χ1n) is 6.38. The molecule has 0 radical (unpaired) electrons. The highest BCUT2D eigenvalue weighted by atomic mass is 32.2. The molecule has 1 aromatic rings. The summed E-state index contributed by atoms with van der Waals surface area (Å²) in [4.78, 5) is 25.7. The van der Waals surface area contributed by atoms with Crippen LogP contribution in [0, 0.1) is 13.8 Å². The van der Waals surface area contributed by atoms with Crippen molar-refractivity contribution < 1.29 is 14.7 Å². The summed E-state index contributed by atoms with van der Waals surface area (Å²) in [5.41, 5.74) is 2.31. The summed E-state index contributed by atoms with van der Waals surface area (Å²) in [5.74, 6) is 0.0100. The van der Waals surface area contributed by atoms with Crippen molar-refractivity contribution in [1.82, 2.24) is 4.90 Å². The standard InChI is InChI=1S/C15H17NO3S/c1-8(2)16-14(18)12(20-15(16)19)7-11-5-9(3)13(17)10(4)6-11/h5-8,17H,1-4H3. The molecule has 1 saturated heterocycles. The Kier molecular flexibility index (Phi) is 3.90. The van der Waals surface area contributed by atoms with Gasteiger partial charge in [-0.3, -0.25) is 14.5 Å². The van der Waals surface area contributed by atoms with Crippen molar-refractivity contribution in [3.05, 3.63) is 33.7 Å². The Balaban J connectivity index is 2.38. The number of phenolic OH excluding ortho intramolecular Hbond substituents is 1. The van der Waals surface area contributed by atoms with E-state index in [9.17, 15) is 14.7 Å². The molecule has 20 heavy (non-hydrogen) atoms. The molecule has 0 aromatic heterocycles. The number of rotatable bonds is 2. The number of carbonyl (C=O) groups excluding carboxylic acids is 2. The van der Waals surface area contributed by atoms with Crippen LogP contribution < -0.4 is 0 Å². The molecule has 1 aliphatic heterocycles. The summed E-state index contributed by atoms with van der Waals surface area (Å²) in [7, 11) is 0. The van der Waals surface area contributed by atoms with Gasteiger partial charge in [0.1, 0.15) is 5.75 Å². The SMILES string of the molecule is Cc1cc(C=C2SC(=O)N(C(C)C)C2=O)cc(C)c1O. The van der Waals surface area contributed by atoms with Gasteiger partial charge < -0.3 is 5.11 Å². The molecule has 0 saturated carbocycles. The Morgan fingerprint density at radius 1 is 1.20 bits per heavy atom. The van der Waals surface area contributed by atoms with Gasteiger partial charge in [-0.25, -0.2) is 0 Å². The van der Waals surface area contributed by atoms with Gasteiger partial charge in [0.15, 0.2) is 0 Å². The van der Waals surface area contributed by atoms with Crippen LogP contribution in [0.15, 0.2) is 17.0 Å². The lowest BCUT2D eigenvalue weighted by Gasteiger charge is -2.16. The van der Waals surface area contributed by atoms with Crippen LogP contribution in [-0.2, 0) is 4.79 Å². The predicted molar refractivity (Wildman–Crippen MR) is 80.5 cm³/mol. The first-order chi connectivity index (χ1) is 9.31. The number of phenols is 1. The van der Waals surface area contributed by atoms with Gasteiger partial charge in [0, 0.05) is 6.04 Å². The zero-order valence-corrected chi connectivity index (χ0v) is 12.7. The lowest BCUT2D eigenvalue weighted by atomic mass is 10.1. The molecular weight excluding hydrogens is 274 g/mol. The van der Waals surface area contributed by atoms with E-state index in [0.717, 1.165) is 28.5 Å². The highest BCUT2D eigenvalue weighted by Gasteiger charge is 2.36. The number of imide groups is 1. The average Bonchev–Trinajstić information content (AvgIpc) is 2.61. The number of aromatic hydroxyl groups is 1. The largest absolute Gasteiger partial charge is 0.507 e. The number of thioether (sulfide) groups is 1. The maximum absolute atomic E-state index is 12.2. The van der Waals surface area contributed by atoms with Gasteiger partial charge in [-0.1, -0.05) is 0 Å². The topological polar surface area (TPSA) is 57.6 Å². The normalized spacial score (nSPS) is 17.6. The van der Waals surface area contributed by atoms with Gasteiger partial charge in [0.05, 0.1) is 4.91 Å². The van der Waals surface area contributed by atoms with Gasteiger partial charge in [0.25, 0.3) is 11.1 Å². The highest BCUT2D eigenvalue weighted by molar-refractivity contribution is 8.18. The van der Waals surface area contributed by atoms with Crippen LogP contribution in [0.3, 0.4) is 0 Å². The van der Waals surface area contributed by atoms with E-state index in [1.54, 1.807) is 32.1 Å². The second kappa shape index (κ2) is 5.32. The van der Waals surface area contributed by atoms with Gasteiger partial charge in [-0.2, -0.15) is 0 Å². The number of carbonyl (C=O) groups is 2. The van der Waals surface area contributed by atoms with Crippen molar-refractivity contribution in [3.8, 4) is 5.75 Å². The van der Waals surface area contributed by atoms with Crippen LogP contribution in [0.4, 0.5) is 4.79 Å². The fraction of sp³-hybridized carbons (Fsp3) is 0.333. The third-order valence-corrected chi connectivity index (χ3v) is 4.03. The Bertz CT molecular complexity index is 597. The van der Waals surface area contributed by atoms with Crippen LogP contribution in [0.2, 0.25) is 0 Å². The average molecular weight is 291 g/mol. The van der Waals surface area contributed by atoms with Crippen molar-refractivity contribution in [2.45, 2.75) is 33.7 Å². The molecule has 0 atom stereocenters. The second-order valence-electron chi connectivity index (χ2n) is 5.15. The van der Waals surface area contributed by atoms with E-state index in [-0.39, 0.29) is 22.9 Å². The van der Waals surface area contributed by atoms with E-state index in [4.69, 9.17) is 0 Å². The molecule has 106 valence electrons. The molecule has 0 unspecified atom stereocenters. The summed E-state index contributed by atoms with van der Waals surface area (Å²) in [6.45, 7) is 7.24. The summed E-state index contributed by atoms with van der Waals surface area (Å²) < 4.78 is 0. The number of nitrogens with zero attached hydrogens (tertiary/aromatic N) is 1. The van der Waals surface area contributed by atoms with E-state index in [1.807, 2.05) is 13.8 Å². The van der Waals surface area contributed by atoms with Crippen LogP contribution in [0.5, 0.6) is 5.75 Å². The Labute approximate surface area is 122 Å². The lowest BCUT2D eigenvalue weighted by molar-refractivity contribution is -0.123. The van der Waals surface area contributed by atoms with E-state index in [1.165, 1.54) is 4.90 Å². The summed E-state index contributed by atoms with van der Waals surface area (Å²) in [5, 5.41) is 9.51. The first kappa shape index (κ1) is 14.7. The Morgan fingerprint density at radius 3 is 2.20 bits per heavy atom. The molecule has 0 bridgehead atoms. The summed E-state index contributed by atoms with van der Waals surface area (Å²) in [6.07, 6.45) is 1.70. The van der Waals surface area contributed by atoms with Crippen LogP contribution in [0.25, 0.3) is 6.08 Å². The van der Waals surface area contributed by atoms with Crippen molar-refractivity contribution in [2.24, 2.45) is 0 Å². The highest BCUT2D eigenvalue weighted by Crippen LogP contribution is 2.34. The molecule has 1 aromatic carbocycles. The molecule has 4 nitrogen and oxygen atoms in total. The molecule has 1 N–H and O–H groups in total. The monoisotopic (exact) mass is 291 g/mol. The van der Waals surface area contributed by atoms with Crippen molar-refractivity contribution in [1.29, 1.82) is 0 Å². The molecule has 1 fully saturated rings. The third kappa shape index (κ3) is 2.58. The Hall–Kier alpha value is -1.75. The van der Waals surface area contributed by atoms with E-state index >= 15 is 0 Å². The van der Waals surface area contributed by atoms with E-state index in [2.05, 4.69) is 0 Å². The number of benzene rings is 1. The number of amides is 2. The van der Waals surface area contributed by atoms with E-state index in [0.29, 0.717) is 4.91 Å². The smallest absolute Gasteiger partial charge is 0.293 e. The van der Waals surface area contributed by atoms with Gasteiger partial charge >= 0.3 is 0 Å². The Morgan fingerprint density at radius 2 is 1.75 bits per heavy atom. The molecular formula is C15H17NO3S. The fourth-order valence-electron chi connectivity index (χ4n) is 2.15. The molecule has 1 aliphatic rings. The lowest BCUT2D eigenvalue weighted by Crippen LogP contribution is -2.34. The molecule has 5 heteroatoms. The minimum absolute atomic E-state index is 0.142. The number of aryl methyl sites for hydroxylation is 2. The van der Waals surface area contributed by atoms with Crippen LogP contribution in [-0.4, -0.2) is 27.2 Å². The predicted octanol–water partition coefficient (Wildman–Crippen LogP) is 3.45. The maximum atomic E-state index is 12.2. The minimum Gasteiger partial charge on any atom is -0.507 e. The number of hydrogen-bond acceptors (Lipinski definition) is 4. The maximum Gasteiger partial charge on any atom is 0.293 e. The summed E-state index contributed by atoms with van der Waals surface area (Å²) in [6, 6.07) is 3.45. The first-order valence-corrected chi connectivity index (χ1v) is 7.20. The minimum atomic E-state index is -0.251. The quantitative estimate of drug-likeness (QED) is 0.848. The molecule has 0 spiro atoms. The van der Waals surface area contributed by atoms with Crippen molar-refractivity contribution >= 4 is 29.0 Å². The molecule has 2 amide bonds. The zero-order chi connectivity index (χ0) is 15.0. The van der Waals surface area contributed by atoms with Crippen LogP contribution in [0.1, 0.15) is 30.5 Å². The number of hydrogen-bond donors (Lipinski definition) is 1. The molecule has 0 aliphatic carbocycles. The third-order valence-electron chi connectivity index (χ3n) is 3.15. The van der Waals surface area contributed by atoms with Crippen LogP contribution >= 0.6 is 11.8 Å². The molecule has 1 heterocycles. The van der Waals surface area contributed by atoms with E-state index < -0.39 is 0 Å². The van der Waals surface area contributed by atoms with Crippen molar-refractivity contribution in [2.75, 3.05) is 0 Å².